The normalized spacial score (nSPS) is 27.7. The highest BCUT2D eigenvalue weighted by molar-refractivity contribution is 7.89. The van der Waals surface area contributed by atoms with Crippen LogP contribution in [0.2, 0.25) is 0 Å². The van der Waals surface area contributed by atoms with Crippen molar-refractivity contribution in [3.8, 4) is 0 Å². The summed E-state index contributed by atoms with van der Waals surface area (Å²) in [5.74, 6) is -2.42. The lowest BCUT2D eigenvalue weighted by Crippen LogP contribution is -2.65. The van der Waals surface area contributed by atoms with Gasteiger partial charge in [-0.15, -0.1) is 0 Å². The van der Waals surface area contributed by atoms with Gasteiger partial charge in [0.2, 0.25) is 27.6 Å². The molecule has 5 atom stereocenters. The van der Waals surface area contributed by atoms with Crippen LogP contribution in [0.15, 0.2) is 0 Å². The van der Waals surface area contributed by atoms with Crippen molar-refractivity contribution in [1.82, 2.24) is 30.5 Å². The molecule has 5 fully saturated rings. The first-order valence-corrected chi connectivity index (χ1v) is 20.5. The van der Waals surface area contributed by atoms with Gasteiger partial charge in [-0.1, -0.05) is 72.6 Å². The number of nitrogens with one attached hydrogen (secondary N) is 4. The van der Waals surface area contributed by atoms with Crippen molar-refractivity contribution in [1.29, 1.82) is 0 Å². The number of fused-ring (bicyclic) bond motifs is 1. The van der Waals surface area contributed by atoms with E-state index in [1.807, 2.05) is 13.8 Å². The van der Waals surface area contributed by atoms with Gasteiger partial charge in [0.05, 0.1) is 17.3 Å². The van der Waals surface area contributed by atoms with Gasteiger partial charge in [-0.2, -0.15) is 0 Å². The number of amides is 5. The van der Waals surface area contributed by atoms with E-state index in [1.165, 1.54) is 18.4 Å². The molecular formula is C36H60N6O7S. The monoisotopic (exact) mass is 720 g/mol. The zero-order chi connectivity index (χ0) is 36.6. The molecule has 0 bridgehead atoms. The van der Waals surface area contributed by atoms with Crippen molar-refractivity contribution < 1.29 is 32.4 Å². The molecule has 50 heavy (non-hydrogen) atoms. The van der Waals surface area contributed by atoms with Crippen molar-refractivity contribution in [3.05, 3.63) is 0 Å². The van der Waals surface area contributed by atoms with E-state index < -0.39 is 62.7 Å². The van der Waals surface area contributed by atoms with Crippen LogP contribution in [0, 0.1) is 22.7 Å². The Morgan fingerprint density at radius 3 is 2.04 bits per heavy atom. The lowest BCUT2D eigenvalue weighted by Gasteiger charge is -2.44. The molecule has 1 saturated heterocycles. The first kappa shape index (κ1) is 38.5. The van der Waals surface area contributed by atoms with Crippen molar-refractivity contribution in [2.24, 2.45) is 22.7 Å². The average Bonchev–Trinajstić information content (AvgIpc) is 3.90. The molecule has 13 nitrogen and oxygen atoms in total. The van der Waals surface area contributed by atoms with E-state index in [9.17, 15) is 32.4 Å². The molecule has 5 amide bonds. The molecule has 282 valence electrons. The first-order chi connectivity index (χ1) is 23.4. The van der Waals surface area contributed by atoms with Gasteiger partial charge in [-0.05, 0) is 67.6 Å². The minimum absolute atomic E-state index is 0.00792. The molecule has 4 N–H and O–H groups in total. The standard InChI is InChI=1S/C36H60N6O7S/c1-7-14-25(28(43)31(45)37-23-15-16-23)38-30(44)27-26-24(34(26,2)3)21-42(27)32(46)29(35(4)17-10-8-11-18-35)39-33(47)40-36(19-12-9-13-20-36)22-50(48,49)41(5)6/h23-27,29H,7-22H2,1-6H3,(H,37,45)(H,38,44)(H2,39,40,47)/t24-,25-,26-,27-,29+/m0/s1. The Hall–Kier alpha value is -2.74. The van der Waals surface area contributed by atoms with Crippen LogP contribution in [0.5, 0.6) is 0 Å². The van der Waals surface area contributed by atoms with E-state index in [2.05, 4.69) is 35.1 Å². The van der Waals surface area contributed by atoms with E-state index in [-0.39, 0.29) is 35.0 Å². The Balaban J connectivity index is 1.38. The first-order valence-electron chi connectivity index (χ1n) is 18.9. The van der Waals surface area contributed by atoms with Gasteiger partial charge >= 0.3 is 6.03 Å². The zero-order valence-electron chi connectivity index (χ0n) is 30.9. The van der Waals surface area contributed by atoms with Crippen molar-refractivity contribution in [2.75, 3.05) is 26.4 Å². The topological polar surface area (TPSA) is 174 Å². The maximum Gasteiger partial charge on any atom is 0.315 e. The quantitative estimate of drug-likeness (QED) is 0.200. The summed E-state index contributed by atoms with van der Waals surface area (Å²) < 4.78 is 27.3. The molecule has 1 aliphatic heterocycles. The minimum atomic E-state index is -3.63. The van der Waals surface area contributed by atoms with Crippen molar-refractivity contribution >= 4 is 39.6 Å². The molecule has 14 heteroatoms. The second-order valence-corrected chi connectivity index (χ2v) is 19.2. The van der Waals surface area contributed by atoms with Crippen LogP contribution in [-0.2, 0) is 29.2 Å². The number of sulfonamides is 1. The van der Waals surface area contributed by atoms with Crippen LogP contribution in [0.3, 0.4) is 0 Å². The Morgan fingerprint density at radius 1 is 0.880 bits per heavy atom. The number of hydrogen-bond donors (Lipinski definition) is 4. The molecule has 0 unspecified atom stereocenters. The van der Waals surface area contributed by atoms with Crippen LogP contribution >= 0.6 is 0 Å². The summed E-state index contributed by atoms with van der Waals surface area (Å²) in [7, 11) is -0.651. The summed E-state index contributed by atoms with van der Waals surface area (Å²) in [4.78, 5) is 70.4. The Bertz CT molecular complexity index is 1430. The van der Waals surface area contributed by atoms with E-state index in [1.54, 1.807) is 4.90 Å². The number of carbonyl (C=O) groups is 5. The van der Waals surface area contributed by atoms with Gasteiger partial charge in [0.25, 0.3) is 5.91 Å². The highest BCUT2D eigenvalue weighted by Crippen LogP contribution is 2.65. The summed E-state index contributed by atoms with van der Waals surface area (Å²) in [6.07, 6.45) is 10.4. The second-order valence-electron chi connectivity index (χ2n) is 17.0. The fraction of sp³-hybridized carbons (Fsp3) is 0.861. The molecule has 4 aliphatic carbocycles. The van der Waals surface area contributed by atoms with E-state index in [0.29, 0.717) is 32.2 Å². The summed E-state index contributed by atoms with van der Waals surface area (Å²) in [6, 6.07) is -3.36. The number of nitrogens with zero attached hydrogens (tertiary/aromatic N) is 2. The van der Waals surface area contributed by atoms with E-state index >= 15 is 0 Å². The molecular weight excluding hydrogens is 660 g/mol. The number of rotatable bonds is 14. The van der Waals surface area contributed by atoms with Crippen LogP contribution in [0.1, 0.15) is 118 Å². The summed E-state index contributed by atoms with van der Waals surface area (Å²) in [6.45, 7) is 8.42. The maximum absolute atomic E-state index is 14.8. The Morgan fingerprint density at radius 2 is 1.48 bits per heavy atom. The van der Waals surface area contributed by atoms with Gasteiger partial charge in [-0.3, -0.25) is 19.2 Å². The molecule has 0 aromatic heterocycles. The highest BCUT2D eigenvalue weighted by Gasteiger charge is 2.70. The number of ketones is 1. The molecule has 5 aliphatic rings. The number of likely N-dealkylation sites (tertiary alicyclic amines) is 1. The number of hydrogen-bond acceptors (Lipinski definition) is 7. The lowest BCUT2D eigenvalue weighted by molar-refractivity contribution is -0.146. The molecule has 0 aromatic rings. The summed E-state index contributed by atoms with van der Waals surface area (Å²) >= 11 is 0. The van der Waals surface area contributed by atoms with Crippen molar-refractivity contribution in [3.63, 3.8) is 0 Å². The molecule has 5 rings (SSSR count). The second kappa shape index (κ2) is 14.7. The van der Waals surface area contributed by atoms with Gasteiger partial charge in [0.1, 0.15) is 12.1 Å². The van der Waals surface area contributed by atoms with Crippen LogP contribution < -0.4 is 21.3 Å². The SMILES string of the molecule is CCC[C@H](NC(=O)[C@@H]1[C@@H]2[C@H](CN1C(=O)[C@@H](NC(=O)NC1(CS(=O)(=O)N(C)C)CCCCC1)C1(C)CCCCC1)C2(C)C)C(=O)C(=O)NC1CC1. The Kier molecular flexibility index (Phi) is 11.3. The third-order valence-corrected chi connectivity index (χ3v) is 14.6. The minimum Gasteiger partial charge on any atom is -0.347 e. The summed E-state index contributed by atoms with van der Waals surface area (Å²) in [5.41, 5.74) is -1.72. The predicted octanol–water partition coefficient (Wildman–Crippen LogP) is 2.83. The Labute approximate surface area is 298 Å². The number of piperidine rings is 1. The number of urea groups is 1. The van der Waals surface area contributed by atoms with Gasteiger partial charge in [0.15, 0.2) is 0 Å². The fourth-order valence-corrected chi connectivity index (χ4v) is 10.4. The van der Waals surface area contributed by atoms with Gasteiger partial charge in [-0.25, -0.2) is 17.5 Å². The molecule has 0 aromatic carbocycles. The number of Topliss-reactive ketones (excluding diaryl/α,β-unsaturated/α-hetero) is 1. The fourth-order valence-electron chi connectivity index (χ4n) is 9.04. The maximum atomic E-state index is 14.8. The van der Waals surface area contributed by atoms with Crippen molar-refractivity contribution in [2.45, 2.75) is 147 Å². The van der Waals surface area contributed by atoms with Crippen LogP contribution in [0.25, 0.3) is 0 Å². The zero-order valence-corrected chi connectivity index (χ0v) is 31.8. The van der Waals surface area contributed by atoms with E-state index in [4.69, 9.17) is 0 Å². The third-order valence-electron chi connectivity index (χ3n) is 12.5. The van der Waals surface area contributed by atoms with Gasteiger partial charge < -0.3 is 26.2 Å². The predicted molar refractivity (Wildman–Crippen MR) is 189 cm³/mol. The average molecular weight is 721 g/mol. The molecule has 0 spiro atoms. The molecule has 1 heterocycles. The highest BCUT2D eigenvalue weighted by atomic mass is 32.2. The van der Waals surface area contributed by atoms with Gasteiger partial charge in [0, 0.05) is 26.7 Å². The molecule has 0 radical (unpaired) electrons. The smallest absolute Gasteiger partial charge is 0.315 e. The number of carbonyl (C=O) groups excluding carboxylic acids is 5. The lowest BCUT2D eigenvalue weighted by atomic mass is 9.70. The van der Waals surface area contributed by atoms with Crippen LogP contribution in [0.4, 0.5) is 4.79 Å². The van der Waals surface area contributed by atoms with E-state index in [0.717, 1.165) is 64.2 Å². The molecule has 4 saturated carbocycles. The van der Waals surface area contributed by atoms with Crippen LogP contribution in [-0.4, -0.2) is 103 Å². The third kappa shape index (κ3) is 8.16. The largest absolute Gasteiger partial charge is 0.347 e. The summed E-state index contributed by atoms with van der Waals surface area (Å²) in [5, 5.41) is 11.7.